The number of aliphatic hydroxyl groups excluding tert-OH is 2. The molecule has 15 amide bonds. The molecule has 6 aliphatic heterocycles. The second kappa shape index (κ2) is 50.5. The molecule has 0 bridgehead atoms. The normalized spacial score (nSPS) is 16.8. The molecule has 36 nitrogen and oxygen atoms in total. The van der Waals surface area contributed by atoms with Crippen molar-refractivity contribution in [1.82, 2.24) is 46.2 Å². The number of carbonyl (C=O) groups is 15. The molecule has 36 heteroatoms. The minimum absolute atomic E-state index is 0.0182. The van der Waals surface area contributed by atoms with E-state index in [1.54, 1.807) is 120 Å². The van der Waals surface area contributed by atoms with Crippen LogP contribution in [-0.2, 0) is 88.2 Å². The highest BCUT2D eigenvalue weighted by molar-refractivity contribution is 6.14. The van der Waals surface area contributed by atoms with Crippen molar-refractivity contribution < 1.29 is 106 Å². The molecule has 0 spiro atoms. The van der Waals surface area contributed by atoms with Crippen LogP contribution in [0.1, 0.15) is 187 Å². The van der Waals surface area contributed by atoms with Crippen LogP contribution in [0.2, 0.25) is 0 Å². The predicted molar refractivity (Wildman–Crippen MR) is 549 cm³/mol. The Bertz CT molecular complexity index is 6270. The van der Waals surface area contributed by atoms with Crippen molar-refractivity contribution in [2.24, 2.45) is 5.73 Å². The molecule has 0 saturated carbocycles. The quantitative estimate of drug-likeness (QED) is 0.00966. The number of unbranched alkanes of at least 4 members (excludes halogenated alkanes) is 4. The zero-order valence-corrected chi connectivity index (χ0v) is 83.8. The van der Waals surface area contributed by atoms with E-state index in [0.29, 0.717) is 91.9 Å². The van der Waals surface area contributed by atoms with Gasteiger partial charge in [-0.05, 0) is 272 Å². The zero-order valence-electron chi connectivity index (χ0n) is 83.8. The van der Waals surface area contributed by atoms with Crippen molar-refractivity contribution in [3.05, 3.63) is 285 Å². The monoisotopic (exact) mass is 2010 g/mol. The van der Waals surface area contributed by atoms with E-state index in [2.05, 4.69) is 37.2 Å². The third-order valence-corrected chi connectivity index (χ3v) is 26.1. The number of aliphatic hydroxyl groups is 2. The van der Waals surface area contributed by atoms with Gasteiger partial charge >= 0.3 is 18.3 Å². The Balaban J connectivity index is 0.000000247. The van der Waals surface area contributed by atoms with Crippen LogP contribution >= 0.6 is 0 Å². The number of hydrogen-bond acceptors (Lipinski definition) is 23. The molecule has 0 aromatic heterocycles. The third kappa shape index (κ3) is 28.8. The maximum absolute atomic E-state index is 14.2. The maximum atomic E-state index is 14.2. The van der Waals surface area contributed by atoms with Gasteiger partial charge in [0.25, 0.3) is 35.4 Å². The van der Waals surface area contributed by atoms with E-state index in [1.165, 1.54) is 34.1 Å². The molecule has 0 radical (unpaired) electrons. The van der Waals surface area contributed by atoms with Crippen LogP contribution in [-0.4, -0.2) is 214 Å². The van der Waals surface area contributed by atoms with Crippen LogP contribution in [0.15, 0.2) is 219 Å². The van der Waals surface area contributed by atoms with Crippen LogP contribution in [0.5, 0.6) is 11.5 Å². The Hall–Kier alpha value is -16.0. The largest absolute Gasteiger partial charge is 0.497 e. The molecule has 8 atom stereocenters. The van der Waals surface area contributed by atoms with Gasteiger partial charge in [-0.25, -0.2) is 24.2 Å². The highest BCUT2D eigenvalue weighted by atomic mass is 16.6. The topological polar surface area (TPSA) is 472 Å². The third-order valence-electron chi connectivity index (χ3n) is 26.1. The number of nitrogens with zero attached hydrogens (tertiary/aromatic N) is 6. The lowest BCUT2D eigenvalue weighted by Crippen LogP contribution is -2.53. The number of benzene rings is 8. The molecule has 6 heterocycles. The van der Waals surface area contributed by atoms with Crippen molar-refractivity contribution in [1.29, 1.82) is 0 Å². The summed E-state index contributed by atoms with van der Waals surface area (Å²) in [7, 11) is 3.15. The molecule has 147 heavy (non-hydrogen) atoms. The number of amides is 15. The number of carbonyl (C=O) groups excluding carboxylic acids is 15. The van der Waals surface area contributed by atoms with Gasteiger partial charge in [-0.2, -0.15) is 0 Å². The van der Waals surface area contributed by atoms with Gasteiger partial charge in [-0.15, -0.1) is 0 Å². The fraction of sp³-hybridized carbons (Fsp3) is 0.360. The van der Waals surface area contributed by atoms with Crippen LogP contribution in [0, 0.1) is 27.7 Å². The molecule has 0 fully saturated rings. The number of rotatable bonds is 41. The van der Waals surface area contributed by atoms with E-state index >= 15 is 0 Å². The van der Waals surface area contributed by atoms with Crippen molar-refractivity contribution >= 4 is 123 Å². The number of anilines is 4. The summed E-state index contributed by atoms with van der Waals surface area (Å²) in [6.07, 6.45) is 7.80. The van der Waals surface area contributed by atoms with Crippen molar-refractivity contribution in [2.45, 2.75) is 219 Å². The number of aryl methyl sites for hydroxylation is 4. The van der Waals surface area contributed by atoms with Gasteiger partial charge in [-0.1, -0.05) is 109 Å². The van der Waals surface area contributed by atoms with Gasteiger partial charge < -0.3 is 86.6 Å². The lowest BCUT2D eigenvalue weighted by atomic mass is 10.0. The fourth-order valence-corrected chi connectivity index (χ4v) is 17.7. The first-order chi connectivity index (χ1) is 70.5. The molecule has 0 unspecified atom stereocenters. The standard InChI is InChI=1S/C58H67N7O12.C53H59N7O10/c1-36-30-44-47(31-37(36)2)65(55(72)48-33-41(34-64(48)54(44)71)40-20-24-43(75-6)25-21-40)57(74)76-35-39-18-22-42(23-19-39)60-52(69)45(16-10-12-28-59-56(73)77-58(3,4)5)62-53(70)46(32-38-14-8-7-9-15-38)61-49(66)17-11-13-29-63-50(67)26-27-51(63)68;1-33-27-41-44(28-34(33)2)60(52(67)45-30-38(31-59(45)51(41)66)37-17-21-40(69-3)22-18-37)53(68)70-32-36-15-19-39(20-16-36)55-49(64)42(13-7-9-25-54)57-50(65)43(29-35-11-5-4-6-12-35)56-46(61)14-8-10-26-58-47(62)23-24-48(58)63/h7-9,14-15,18-27,30-31,34,45-46,48,55,72H,10-13,16-17,28-29,32-33,35H2,1-6H3,(H,59,73)(H,60,69)(H,61,66)(H,62,70);4-6,11-12,15-24,27-28,31,42-43,45,52,67H,7-10,13-14,25-26,29-30,32,54H2,1-3H3,(H,55,64)(H,56,61)(H,57,65)/t45-,46-,48-,55-;42-,43-,45-,52-/m00/s1. The van der Waals surface area contributed by atoms with E-state index in [-0.39, 0.29) is 119 Å². The Morgan fingerprint density at radius 2 is 0.803 bits per heavy atom. The second-order valence-corrected chi connectivity index (χ2v) is 37.9. The maximum Gasteiger partial charge on any atom is 0.416 e. The molecule has 8 aromatic rings. The number of hydrogen-bond donors (Lipinski definition) is 10. The first kappa shape index (κ1) is 108. The predicted octanol–water partition coefficient (Wildman–Crippen LogP) is 12.4. The lowest BCUT2D eigenvalue weighted by molar-refractivity contribution is -0.138. The van der Waals surface area contributed by atoms with Crippen molar-refractivity contribution in [3.63, 3.8) is 0 Å². The number of imide groups is 2. The summed E-state index contributed by atoms with van der Waals surface area (Å²) < 4.78 is 27.6. The fourth-order valence-electron chi connectivity index (χ4n) is 17.7. The van der Waals surface area contributed by atoms with Crippen molar-refractivity contribution in [3.8, 4) is 11.5 Å². The van der Waals surface area contributed by atoms with E-state index in [0.717, 1.165) is 75.3 Å². The molecule has 0 aliphatic carbocycles. The van der Waals surface area contributed by atoms with Crippen LogP contribution in [0.3, 0.4) is 0 Å². The molecular formula is C111H126N14O22. The second-order valence-electron chi connectivity index (χ2n) is 37.9. The molecule has 11 N–H and O–H groups in total. The molecule has 0 saturated heterocycles. The Morgan fingerprint density at radius 3 is 1.17 bits per heavy atom. The summed E-state index contributed by atoms with van der Waals surface area (Å²) >= 11 is 0. The summed E-state index contributed by atoms with van der Waals surface area (Å²) in [5.41, 5.74) is 16.0. The molecule has 14 rings (SSSR count). The van der Waals surface area contributed by atoms with Crippen LogP contribution < -0.4 is 62.2 Å². The first-order valence-electron chi connectivity index (χ1n) is 49.2. The highest BCUT2D eigenvalue weighted by Crippen LogP contribution is 2.43. The van der Waals surface area contributed by atoms with Gasteiger partial charge in [-0.3, -0.25) is 67.3 Å². The lowest BCUT2D eigenvalue weighted by Gasteiger charge is -2.31. The van der Waals surface area contributed by atoms with Gasteiger partial charge in [0, 0.05) is 93.4 Å². The Morgan fingerprint density at radius 1 is 0.429 bits per heavy atom. The van der Waals surface area contributed by atoms with Crippen LogP contribution in [0.25, 0.3) is 11.1 Å². The number of nitrogens with two attached hydrogens (primary N) is 1. The molecule has 8 aromatic carbocycles. The number of alkyl carbamates (subject to hydrolysis) is 1. The number of methoxy groups -OCH3 is 2. The molecular weight excluding hydrogens is 1880 g/mol. The highest BCUT2D eigenvalue weighted by Gasteiger charge is 2.48. The van der Waals surface area contributed by atoms with Crippen LogP contribution in [0.4, 0.5) is 37.1 Å². The Labute approximate surface area is 852 Å². The first-order valence-corrected chi connectivity index (χ1v) is 49.2. The van der Waals surface area contributed by atoms with Gasteiger partial charge in [0.2, 0.25) is 35.4 Å². The zero-order chi connectivity index (χ0) is 105. The minimum atomic E-state index is -1.48. The molecule has 772 valence electrons. The number of fused-ring (bicyclic) bond motifs is 4. The summed E-state index contributed by atoms with van der Waals surface area (Å²) in [4.78, 5) is 207. The van der Waals surface area contributed by atoms with E-state index in [4.69, 9.17) is 29.4 Å². The van der Waals surface area contributed by atoms with E-state index < -0.39 is 132 Å². The number of ether oxygens (including phenoxy) is 5. The SMILES string of the molecule is COc1ccc(C2=CN3C(=O)c4cc(C)c(C)cc4N(C(=O)OCc4ccc(NC(=O)[C@H](CCCCN)NC(=O)[C@H](Cc5ccccc5)NC(=O)CCCCN5C(=O)C=CC5=O)cc4)[C@@H](O)[C@@H]3C2)cc1.COc1ccc(C2=CN3C(=O)c4cc(C)c(C)cc4N(C(=O)OCc4ccc(NC(=O)[C@H](CCCCNC(=O)OC(C)(C)C)NC(=O)[C@H](Cc5ccccc5)NC(=O)CCCCN5C(=O)C=CC5=O)cc4)[C@@H](O)[C@@H]3C2)cc1. The van der Waals surface area contributed by atoms with E-state index in [1.807, 2.05) is 137 Å². The average Bonchev–Trinajstić information content (AvgIpc) is 1.61. The Kier molecular flexibility index (Phi) is 37.2. The molecule has 6 aliphatic rings. The van der Waals surface area contributed by atoms with E-state index in [9.17, 15) is 82.1 Å². The summed E-state index contributed by atoms with van der Waals surface area (Å²) in [5.74, 6) is -3.99. The summed E-state index contributed by atoms with van der Waals surface area (Å²) in [6.45, 7) is 13.3. The average molecular weight is 2010 g/mol. The van der Waals surface area contributed by atoms with Gasteiger partial charge in [0.1, 0.15) is 54.5 Å². The minimum Gasteiger partial charge on any atom is -0.497 e. The van der Waals surface area contributed by atoms with Crippen molar-refractivity contribution in [2.75, 3.05) is 60.8 Å². The smallest absolute Gasteiger partial charge is 0.416 e. The number of nitrogens with one attached hydrogen (secondary N) is 7. The summed E-state index contributed by atoms with van der Waals surface area (Å²) in [6, 6.07) is 47.2. The summed E-state index contributed by atoms with van der Waals surface area (Å²) in [5, 5.41) is 43.7. The van der Waals surface area contributed by atoms with Gasteiger partial charge in [0.05, 0.1) is 48.8 Å². The van der Waals surface area contributed by atoms with Gasteiger partial charge in [0.15, 0.2) is 12.5 Å².